The normalized spacial score (nSPS) is 18.2. The summed E-state index contributed by atoms with van der Waals surface area (Å²) >= 11 is 0. The maximum Gasteiger partial charge on any atom is 0.338 e. The Morgan fingerprint density at radius 1 is 1.10 bits per heavy atom. The zero-order valence-electron chi connectivity index (χ0n) is 23.2. The molecule has 4 rings (SSSR count). The maximum atomic E-state index is 13.5. The van der Waals surface area contributed by atoms with Gasteiger partial charge in [-0.2, -0.15) is 0 Å². The van der Waals surface area contributed by atoms with Gasteiger partial charge in [0.15, 0.2) is 11.5 Å². The third kappa shape index (κ3) is 5.70. The number of benzene rings is 2. The molecule has 2 heterocycles. The first kappa shape index (κ1) is 28.4. The topological polar surface area (TPSA) is 118 Å². The lowest BCUT2D eigenvalue weighted by Gasteiger charge is -2.31. The molecule has 0 radical (unpaired) electrons. The molecule has 10 nitrogen and oxygen atoms in total. The summed E-state index contributed by atoms with van der Waals surface area (Å²) < 4.78 is 16.8. The molecule has 2 aromatic carbocycles. The van der Waals surface area contributed by atoms with Crippen LogP contribution in [0.15, 0.2) is 60.7 Å². The first-order valence-corrected chi connectivity index (χ1v) is 12.9. The Morgan fingerprint density at radius 2 is 1.82 bits per heavy atom. The molecule has 0 bridgehead atoms. The van der Waals surface area contributed by atoms with Gasteiger partial charge in [-0.05, 0) is 68.3 Å². The summed E-state index contributed by atoms with van der Waals surface area (Å²) in [5, 5.41) is 9.51. The van der Waals surface area contributed by atoms with Crippen molar-refractivity contribution >= 4 is 23.5 Å². The van der Waals surface area contributed by atoms with Gasteiger partial charge >= 0.3 is 5.97 Å². The van der Waals surface area contributed by atoms with E-state index < -0.39 is 17.4 Å². The second-order valence-electron chi connectivity index (χ2n) is 9.78. The minimum Gasteiger partial charge on any atom is -0.508 e. The zero-order chi connectivity index (χ0) is 29.0. The fourth-order valence-corrected chi connectivity index (χ4v) is 4.95. The van der Waals surface area contributed by atoms with E-state index in [9.17, 15) is 19.5 Å². The van der Waals surface area contributed by atoms with Crippen LogP contribution in [0.5, 0.6) is 23.1 Å². The lowest BCUT2D eigenvalue weighted by molar-refractivity contribution is -0.152. The molecule has 0 saturated carbocycles. The number of hydrogen-bond acceptors (Lipinski definition) is 8. The number of pyridine rings is 1. The van der Waals surface area contributed by atoms with Crippen LogP contribution in [0.2, 0.25) is 0 Å². The third-order valence-electron chi connectivity index (χ3n) is 7.10. The lowest BCUT2D eigenvalue weighted by Crippen LogP contribution is -2.52. The number of aromatic nitrogens is 1. The first-order valence-electron chi connectivity index (χ1n) is 12.9. The molecule has 0 spiro atoms. The average Bonchev–Trinajstić information content (AvgIpc) is 3.32. The number of phenols is 1. The SMILES string of the molecule is CCOc1cc([C@H]2CN(C(C)=O)[C@@](C)(C(=O)Oc3cccc(C(=O)N(C)c4ccc(O)cc4)n3)C2)ccc1OC. The van der Waals surface area contributed by atoms with E-state index in [1.807, 2.05) is 25.1 Å². The van der Waals surface area contributed by atoms with Crippen molar-refractivity contribution in [2.24, 2.45) is 0 Å². The lowest BCUT2D eigenvalue weighted by atomic mass is 9.89. The first-order chi connectivity index (χ1) is 19.1. The van der Waals surface area contributed by atoms with Gasteiger partial charge in [-0.3, -0.25) is 9.59 Å². The molecule has 1 fully saturated rings. The summed E-state index contributed by atoms with van der Waals surface area (Å²) in [6.07, 6.45) is 0.325. The van der Waals surface area contributed by atoms with Gasteiger partial charge in [0, 0.05) is 38.2 Å². The Balaban J connectivity index is 1.54. The molecule has 3 aromatic rings. The van der Waals surface area contributed by atoms with Gasteiger partial charge in [0.25, 0.3) is 5.91 Å². The van der Waals surface area contributed by atoms with Crippen LogP contribution in [0.1, 0.15) is 49.2 Å². The van der Waals surface area contributed by atoms with E-state index in [1.54, 1.807) is 39.3 Å². The summed E-state index contributed by atoms with van der Waals surface area (Å²) in [7, 11) is 3.15. The Kier molecular flexibility index (Phi) is 8.27. The molecule has 1 aliphatic heterocycles. The number of nitrogens with zero attached hydrogens (tertiary/aromatic N) is 3. The molecule has 40 heavy (non-hydrogen) atoms. The minimum atomic E-state index is -1.26. The smallest absolute Gasteiger partial charge is 0.338 e. The van der Waals surface area contributed by atoms with Gasteiger partial charge < -0.3 is 29.1 Å². The molecular weight excluding hydrogens is 514 g/mol. The number of aromatic hydroxyl groups is 1. The summed E-state index contributed by atoms with van der Waals surface area (Å²) in [5.74, 6) is -0.244. The summed E-state index contributed by atoms with van der Waals surface area (Å²) in [4.78, 5) is 46.4. The molecule has 210 valence electrons. The van der Waals surface area contributed by atoms with Crippen molar-refractivity contribution in [3.8, 4) is 23.1 Å². The summed E-state index contributed by atoms with van der Waals surface area (Å²) in [6, 6.07) is 16.3. The van der Waals surface area contributed by atoms with Gasteiger partial charge in [-0.15, -0.1) is 0 Å². The van der Waals surface area contributed by atoms with Crippen LogP contribution in [0.3, 0.4) is 0 Å². The Labute approximate surface area is 233 Å². The average molecular weight is 548 g/mol. The van der Waals surface area contributed by atoms with Crippen molar-refractivity contribution in [1.82, 2.24) is 9.88 Å². The number of methoxy groups -OCH3 is 1. The van der Waals surface area contributed by atoms with E-state index in [4.69, 9.17) is 14.2 Å². The standard InChI is InChI=1S/C30H33N3O7/c1-6-39-26-16-20(10-15-25(26)38-5)21-17-30(3,33(18-21)19(2)34)29(37)40-27-9-7-8-24(31-27)28(36)32(4)22-11-13-23(35)14-12-22/h7-16,21,35H,6,17-18H2,1-5H3/t21-,30-/m1/s1. The Hall–Kier alpha value is -4.60. The number of hydrogen-bond donors (Lipinski definition) is 1. The third-order valence-corrected chi connectivity index (χ3v) is 7.10. The largest absolute Gasteiger partial charge is 0.508 e. The van der Waals surface area contributed by atoms with Crippen LogP contribution in [0.25, 0.3) is 0 Å². The molecule has 2 amide bonds. The van der Waals surface area contributed by atoms with Crippen LogP contribution >= 0.6 is 0 Å². The number of likely N-dealkylation sites (tertiary alicyclic amines) is 1. The monoisotopic (exact) mass is 547 g/mol. The molecule has 0 aliphatic carbocycles. The van der Waals surface area contributed by atoms with Gasteiger partial charge in [-0.25, -0.2) is 9.78 Å². The van der Waals surface area contributed by atoms with E-state index in [1.165, 1.54) is 41.0 Å². The maximum absolute atomic E-state index is 13.5. The fraction of sp³-hybridized carbons (Fsp3) is 0.333. The predicted molar refractivity (Wildman–Crippen MR) is 148 cm³/mol. The molecule has 0 unspecified atom stereocenters. The van der Waals surface area contributed by atoms with Crippen molar-refractivity contribution in [1.29, 1.82) is 0 Å². The van der Waals surface area contributed by atoms with Crippen LogP contribution in [0, 0.1) is 0 Å². The quantitative estimate of drug-likeness (QED) is 0.418. The molecular formula is C30H33N3O7. The number of rotatable bonds is 8. The van der Waals surface area contributed by atoms with E-state index in [0.717, 1.165) is 5.56 Å². The van der Waals surface area contributed by atoms with Crippen LogP contribution < -0.4 is 19.1 Å². The highest BCUT2D eigenvalue weighted by atomic mass is 16.5. The number of carbonyl (C=O) groups is 3. The van der Waals surface area contributed by atoms with E-state index in [2.05, 4.69) is 4.98 Å². The van der Waals surface area contributed by atoms with E-state index >= 15 is 0 Å². The molecule has 2 atom stereocenters. The summed E-state index contributed by atoms with van der Waals surface area (Å²) in [6.45, 7) is 5.77. The van der Waals surface area contributed by atoms with Crippen molar-refractivity contribution in [2.45, 2.75) is 38.6 Å². The van der Waals surface area contributed by atoms with Crippen molar-refractivity contribution in [3.05, 3.63) is 71.9 Å². The van der Waals surface area contributed by atoms with Crippen LogP contribution in [-0.2, 0) is 9.59 Å². The van der Waals surface area contributed by atoms with Gasteiger partial charge in [0.1, 0.15) is 17.0 Å². The Morgan fingerprint density at radius 3 is 2.48 bits per heavy atom. The number of phenolic OH excluding ortho intramolecular Hbond substituents is 1. The number of amides is 2. The molecule has 10 heteroatoms. The Bertz CT molecular complexity index is 1410. The number of ether oxygens (including phenoxy) is 3. The zero-order valence-corrected chi connectivity index (χ0v) is 23.2. The highest BCUT2D eigenvalue weighted by Crippen LogP contribution is 2.42. The van der Waals surface area contributed by atoms with Crippen molar-refractivity contribution < 1.29 is 33.7 Å². The van der Waals surface area contributed by atoms with Crippen molar-refractivity contribution in [2.75, 3.05) is 32.2 Å². The number of esters is 1. The number of carbonyl (C=O) groups excluding carboxylic acids is 3. The number of anilines is 1. The fourth-order valence-electron chi connectivity index (χ4n) is 4.95. The van der Waals surface area contributed by atoms with Crippen LogP contribution in [0.4, 0.5) is 5.69 Å². The second-order valence-corrected chi connectivity index (χ2v) is 9.78. The van der Waals surface area contributed by atoms with Crippen molar-refractivity contribution in [3.63, 3.8) is 0 Å². The van der Waals surface area contributed by atoms with E-state index in [0.29, 0.717) is 36.8 Å². The second kappa shape index (κ2) is 11.6. The van der Waals surface area contributed by atoms with Gasteiger partial charge in [0.2, 0.25) is 11.8 Å². The van der Waals surface area contributed by atoms with Gasteiger partial charge in [-0.1, -0.05) is 12.1 Å². The van der Waals surface area contributed by atoms with Crippen LogP contribution in [-0.4, -0.2) is 65.6 Å². The predicted octanol–water partition coefficient (Wildman–Crippen LogP) is 4.17. The molecule has 1 aromatic heterocycles. The van der Waals surface area contributed by atoms with E-state index in [-0.39, 0.29) is 29.1 Å². The highest BCUT2D eigenvalue weighted by molar-refractivity contribution is 6.04. The van der Waals surface area contributed by atoms with Gasteiger partial charge in [0.05, 0.1) is 13.7 Å². The minimum absolute atomic E-state index is 0.0498. The molecule has 1 aliphatic rings. The summed E-state index contributed by atoms with van der Waals surface area (Å²) in [5.41, 5.74) is 0.280. The highest BCUT2D eigenvalue weighted by Gasteiger charge is 2.50. The molecule has 1 N–H and O–H groups in total. The molecule has 1 saturated heterocycles.